The molecule has 2 aliphatic heterocycles. The predicted molar refractivity (Wildman–Crippen MR) is 667 cm³/mol. The Hall–Kier alpha value is -2.61. The lowest BCUT2D eigenvalue weighted by molar-refractivity contribution is -0.152. The number of allylic oxidation sites excluding steroid dienone is 1. The lowest BCUT2D eigenvalue weighted by Crippen LogP contribution is -2.26. The summed E-state index contributed by atoms with van der Waals surface area (Å²) in [5.74, 6) is 22.6. The average Bonchev–Trinajstić information content (AvgIpc) is 1.61. The van der Waals surface area contributed by atoms with Gasteiger partial charge in [0.25, 0.3) is 0 Å². The number of esters is 1. The molecule has 7 rings (SSSR count). The van der Waals surface area contributed by atoms with E-state index >= 15 is 0 Å². The Labute approximate surface area is 935 Å². The second-order valence-corrected chi connectivity index (χ2v) is 62.2. The van der Waals surface area contributed by atoms with E-state index in [2.05, 4.69) is 387 Å². The second kappa shape index (κ2) is 81.0. The van der Waals surface area contributed by atoms with E-state index in [1.165, 1.54) is 116 Å². The van der Waals surface area contributed by atoms with Gasteiger partial charge in [-0.1, -0.05) is 448 Å². The van der Waals surface area contributed by atoms with Gasteiger partial charge < -0.3 is 14.2 Å². The highest BCUT2D eigenvalue weighted by atomic mass is 16.6. The van der Waals surface area contributed by atoms with Crippen LogP contribution in [0.25, 0.3) is 0 Å². The van der Waals surface area contributed by atoms with Gasteiger partial charge in [0.15, 0.2) is 0 Å². The van der Waals surface area contributed by atoms with Gasteiger partial charge in [0, 0.05) is 47.8 Å². The molecule has 0 aromatic rings. The van der Waals surface area contributed by atoms with Gasteiger partial charge in [-0.2, -0.15) is 0 Å². The van der Waals surface area contributed by atoms with E-state index in [1.807, 2.05) is 48.5 Å². The van der Waals surface area contributed by atoms with E-state index < -0.39 is 0 Å². The molecule has 0 aromatic carbocycles. The number of hydrogen-bond donors (Lipinski definition) is 0. The van der Waals surface area contributed by atoms with Crippen molar-refractivity contribution in [2.45, 2.75) is 634 Å². The van der Waals surface area contributed by atoms with Crippen LogP contribution in [0.3, 0.4) is 0 Å². The fourth-order valence-corrected chi connectivity index (χ4v) is 20.1. The number of rotatable bonds is 41. The van der Waals surface area contributed by atoms with Crippen molar-refractivity contribution in [1.29, 1.82) is 0 Å². The predicted octanol–water partition coefficient (Wildman–Crippen LogP) is 45.4. The summed E-state index contributed by atoms with van der Waals surface area (Å²) in [4.78, 5) is 56.6. The largest absolute Gasteiger partial charge is 0.490 e. The standard InChI is InChI=1S/C12H22O2.C11H20O.C10H16O.4C10H22.2C9H18O.2C9H18.C9H20.C8H14O.C8H18.C6H12O/c1-5-14-11(13)12(6-7-12)10(4)8-9(2)3;1-8(2)7-9(3)11(5-6-11)10(4)12;1-7(2)5-10-6-8(3)9(4)11-10;2*1-8(2)7-9(3)10(4,5)6;1-8(2)6-10(5)7-9(3)4;1-6-10(5,7-2)8-9(3)4;2*1-7(2)6-8(10)9(3,4)5;1-7(2)6-8(3)9-4-5-9;1-8(2)7-9(3)5-4-6-9;1-7(2)6-9(5)8(3)4;1-6(2)5-8(9)7-3-4-7;1-7(2)6-8(3,4)5;1-5(2)3-6-4-7-6/h9-10H,5-8H2,1-4H3;8-9H,5-7H2,1-4H3;7,10H,3-6H2,1-2H3;2*8-9H,7H2,1-6H3;8-10H,6-7H2,1-5H3;9H,6-8H2,1-5H3;2*7H,6H2,1-5H3;7-9H,4-6H2,1-3H3;8H,4-7H2,1-3H3;7-9H,6H2,1-5H3;6-7H,3-5H2,1-2H3;7H,6H2,1-5H3;5-6H,3-4H2,1-2H3. The van der Waals surface area contributed by atoms with Crippen molar-refractivity contribution in [3.63, 3.8) is 0 Å². The molecule has 8 atom stereocenters. The van der Waals surface area contributed by atoms with E-state index in [0.29, 0.717) is 124 Å². The molecule has 148 heavy (non-hydrogen) atoms. The van der Waals surface area contributed by atoms with Crippen LogP contribution in [0.2, 0.25) is 0 Å². The van der Waals surface area contributed by atoms with E-state index in [-0.39, 0.29) is 27.6 Å². The van der Waals surface area contributed by atoms with E-state index in [0.717, 1.165) is 194 Å². The van der Waals surface area contributed by atoms with Gasteiger partial charge in [0.1, 0.15) is 35.0 Å². The number of ether oxygens (including phenoxy) is 3. The first kappa shape index (κ1) is 161. The van der Waals surface area contributed by atoms with Crippen molar-refractivity contribution >= 4 is 29.1 Å². The zero-order valence-corrected chi connectivity index (χ0v) is 113. The lowest BCUT2D eigenvalue weighted by Gasteiger charge is -2.39. The van der Waals surface area contributed by atoms with Crippen LogP contribution in [0, 0.1) is 203 Å². The molecule has 7 fully saturated rings. The Morgan fingerprint density at radius 1 is 0.385 bits per heavy atom. The van der Waals surface area contributed by atoms with E-state index in [4.69, 9.17) is 14.2 Å². The average molecular weight is 2090 g/mol. The van der Waals surface area contributed by atoms with Crippen LogP contribution < -0.4 is 0 Å². The molecule has 890 valence electrons. The molecule has 5 saturated carbocycles. The third-order valence-corrected chi connectivity index (χ3v) is 30.7. The van der Waals surface area contributed by atoms with Gasteiger partial charge in [-0.25, -0.2) is 0 Å². The molecule has 0 N–H and O–H groups in total. The van der Waals surface area contributed by atoms with Crippen LogP contribution in [0.4, 0.5) is 0 Å². The molecular weight excluding hydrogens is 1810 g/mol. The maximum atomic E-state index is 11.7. The summed E-state index contributed by atoms with van der Waals surface area (Å²) in [6, 6.07) is 0. The van der Waals surface area contributed by atoms with Crippen LogP contribution in [-0.4, -0.2) is 54.5 Å². The van der Waals surface area contributed by atoms with Gasteiger partial charge in [-0.15, -0.1) is 0 Å². The molecular formula is C140H282O8. The summed E-state index contributed by atoms with van der Waals surface area (Å²) < 4.78 is 15.6. The molecule has 2 saturated heterocycles. The summed E-state index contributed by atoms with van der Waals surface area (Å²) in [5.41, 5.74) is 3.61. The number of Topliss-reactive ketones (excluding diaryl/α,β-unsaturated/α-hetero) is 4. The fourth-order valence-electron chi connectivity index (χ4n) is 20.1. The highest BCUT2D eigenvalue weighted by Crippen LogP contribution is 2.56. The highest BCUT2D eigenvalue weighted by Gasteiger charge is 2.55. The molecule has 8 heteroatoms. The van der Waals surface area contributed by atoms with Gasteiger partial charge in [-0.3, -0.25) is 24.0 Å². The van der Waals surface area contributed by atoms with Crippen molar-refractivity contribution in [3.8, 4) is 0 Å². The molecule has 0 radical (unpaired) electrons. The molecule has 8 nitrogen and oxygen atoms in total. The topological polar surface area (TPSA) is 116 Å². The Morgan fingerprint density at radius 2 is 0.723 bits per heavy atom. The molecule has 0 spiro atoms. The lowest BCUT2D eigenvalue weighted by atomic mass is 9.66. The summed E-state index contributed by atoms with van der Waals surface area (Å²) in [6.45, 7) is 147. The first-order chi connectivity index (χ1) is 66.8. The second-order valence-electron chi connectivity index (χ2n) is 62.2. The van der Waals surface area contributed by atoms with Crippen molar-refractivity contribution in [2.75, 3.05) is 13.2 Å². The minimum absolute atomic E-state index is 0.0353. The summed E-state index contributed by atoms with van der Waals surface area (Å²) in [7, 11) is 0. The van der Waals surface area contributed by atoms with Gasteiger partial charge in [-0.05, 0) is 342 Å². The molecule has 2 heterocycles. The Balaban J connectivity index is -0.000000237. The zero-order chi connectivity index (χ0) is 118. The quantitative estimate of drug-likeness (QED) is 0.0439. The van der Waals surface area contributed by atoms with Crippen molar-refractivity contribution < 1.29 is 38.2 Å². The summed E-state index contributed by atoms with van der Waals surface area (Å²) in [6.07, 6.45) is 38.0. The van der Waals surface area contributed by atoms with Gasteiger partial charge in [0.05, 0.1) is 24.7 Å². The normalized spacial score (nSPS) is 18.0. The highest BCUT2D eigenvalue weighted by molar-refractivity contribution is 5.86. The van der Waals surface area contributed by atoms with Crippen molar-refractivity contribution in [1.82, 2.24) is 0 Å². The van der Waals surface area contributed by atoms with Crippen LogP contribution >= 0.6 is 0 Å². The van der Waals surface area contributed by atoms with E-state index in [1.54, 1.807) is 6.92 Å². The summed E-state index contributed by atoms with van der Waals surface area (Å²) >= 11 is 0. The molecule has 0 bridgehead atoms. The minimum atomic E-state index is -0.149. The van der Waals surface area contributed by atoms with Crippen LogP contribution in [-0.2, 0) is 38.2 Å². The van der Waals surface area contributed by atoms with Crippen molar-refractivity contribution in [2.24, 2.45) is 203 Å². The SMILES string of the molecule is C=C1CC(CC(C)C)OC1=C.CC(=O)C1(C(C)CC(C)C)CC1.CC(C)CC(=O)C(C)(C)C.CC(C)CC(=O)C(C)(C)C.CC(C)CC(=O)C1CC1.CC(C)CC(C)(C)C.CC(C)CC(C)C(C)(C)C.CC(C)CC(C)C(C)(C)C.CC(C)CC(C)C(C)C.CC(C)CC(C)C1CC1.CC(C)CC(C)CC(C)C.CC(C)CC1(C)CCC1.CC(C)CC1CO1.CCC(C)(CC)CC(C)C.CCOC(=O)C1(C(C)CC(C)C)CC1. The van der Waals surface area contributed by atoms with Crippen LogP contribution in [0.15, 0.2) is 24.5 Å². The number of ketones is 4. The van der Waals surface area contributed by atoms with Crippen LogP contribution in [0.5, 0.6) is 0 Å². The monoisotopic (exact) mass is 2090 g/mol. The zero-order valence-electron chi connectivity index (χ0n) is 113. The first-order valence-electron chi connectivity index (χ1n) is 62.7. The number of carbonyl (C=O) groups is 5. The first-order valence-corrected chi connectivity index (χ1v) is 62.7. The maximum Gasteiger partial charge on any atom is 0.312 e. The smallest absolute Gasteiger partial charge is 0.312 e. The maximum absolute atomic E-state index is 11.7. The van der Waals surface area contributed by atoms with Crippen molar-refractivity contribution in [3.05, 3.63) is 24.5 Å². The number of carbonyl (C=O) groups excluding carboxylic acids is 5. The molecule has 5 aliphatic carbocycles. The molecule has 8 unspecified atom stereocenters. The molecule has 0 aromatic heterocycles. The third kappa shape index (κ3) is 97.8. The summed E-state index contributed by atoms with van der Waals surface area (Å²) in [5, 5.41) is 0. The van der Waals surface area contributed by atoms with E-state index in [9.17, 15) is 24.0 Å². The Morgan fingerprint density at radius 3 is 0.892 bits per heavy atom. The molecule has 0 amide bonds. The van der Waals surface area contributed by atoms with Gasteiger partial charge in [0.2, 0.25) is 0 Å². The number of hydrogen-bond acceptors (Lipinski definition) is 8. The molecule has 7 aliphatic rings. The fraction of sp³-hybridized carbons (Fsp3) is 0.936. The minimum Gasteiger partial charge on any atom is -0.490 e. The van der Waals surface area contributed by atoms with Crippen LogP contribution in [0.1, 0.15) is 622 Å². The number of epoxide rings is 1. The Kier molecular flexibility index (Phi) is 87.9. The third-order valence-electron chi connectivity index (χ3n) is 30.7. The van der Waals surface area contributed by atoms with Gasteiger partial charge >= 0.3 is 5.97 Å². The Bertz CT molecular complexity index is 3130.